The Morgan fingerprint density at radius 3 is 1.29 bits per heavy atom. The molecule has 0 unspecified atom stereocenters. The van der Waals surface area contributed by atoms with E-state index in [4.69, 9.17) is 0 Å². The van der Waals surface area contributed by atoms with E-state index in [-0.39, 0.29) is 12.3 Å². The second-order valence-corrected chi connectivity index (χ2v) is 5.64. The number of halogens is 6. The fourth-order valence-corrected chi connectivity index (χ4v) is 2.24. The lowest BCUT2D eigenvalue weighted by atomic mass is 10.5. The van der Waals surface area contributed by atoms with Crippen molar-refractivity contribution in [3.8, 4) is 0 Å². The fraction of sp³-hybridized carbons (Fsp3) is 1.00. The third kappa shape index (κ3) is 10.1. The van der Waals surface area contributed by atoms with E-state index in [1.165, 1.54) is 6.66 Å². The molecule has 0 amide bonds. The molecule has 0 heterocycles. The summed E-state index contributed by atoms with van der Waals surface area (Å²) >= 11 is 0. The maximum Gasteiger partial charge on any atom is 0.389 e. The van der Waals surface area contributed by atoms with Gasteiger partial charge in [0, 0.05) is 12.8 Å². The van der Waals surface area contributed by atoms with Crippen molar-refractivity contribution in [3.05, 3.63) is 0 Å². The molecule has 0 saturated carbocycles. The molecule has 0 fully saturated rings. The molecule has 14 heavy (non-hydrogen) atoms. The highest BCUT2D eigenvalue weighted by Gasteiger charge is 2.30. The minimum absolute atomic E-state index is 0.172. The molecule has 0 aliphatic rings. The van der Waals surface area contributed by atoms with Crippen molar-refractivity contribution in [2.24, 2.45) is 0 Å². The number of hydrogen-bond donors (Lipinski definition) is 0. The molecule has 0 N–H and O–H groups in total. The molecule has 0 aliphatic heterocycles. The SMILES string of the molecule is CP(CCC(F)(F)F)CCC(F)(F)F. The van der Waals surface area contributed by atoms with Crippen molar-refractivity contribution < 1.29 is 26.3 Å². The highest BCUT2D eigenvalue weighted by Crippen LogP contribution is 2.38. The number of alkyl halides is 6. The van der Waals surface area contributed by atoms with Gasteiger partial charge in [-0.1, -0.05) is 0 Å². The van der Waals surface area contributed by atoms with E-state index in [2.05, 4.69) is 0 Å². The van der Waals surface area contributed by atoms with Gasteiger partial charge in [-0.15, -0.1) is 7.92 Å². The van der Waals surface area contributed by atoms with Gasteiger partial charge in [-0.05, 0) is 19.0 Å². The van der Waals surface area contributed by atoms with Crippen LogP contribution in [0, 0.1) is 0 Å². The number of rotatable bonds is 4. The molecule has 0 aliphatic carbocycles. The van der Waals surface area contributed by atoms with Gasteiger partial charge in [0.05, 0.1) is 0 Å². The average molecular weight is 240 g/mol. The molecule has 0 aromatic carbocycles. The molecule has 0 spiro atoms. The summed E-state index contributed by atoms with van der Waals surface area (Å²) in [4.78, 5) is 0. The minimum Gasteiger partial charge on any atom is -0.171 e. The average Bonchev–Trinajstić information content (AvgIpc) is 1.94. The van der Waals surface area contributed by atoms with E-state index < -0.39 is 33.1 Å². The highest BCUT2D eigenvalue weighted by molar-refractivity contribution is 7.56. The van der Waals surface area contributed by atoms with Gasteiger partial charge in [0.2, 0.25) is 0 Å². The third-order valence-corrected chi connectivity index (χ3v) is 3.53. The summed E-state index contributed by atoms with van der Waals surface area (Å²) < 4.78 is 70.1. The standard InChI is InChI=1S/C7H11F6P/c1-14(4-2-6(8,9)10)5-3-7(11,12)13/h2-5H2,1H3. The van der Waals surface area contributed by atoms with Crippen LogP contribution in [0.2, 0.25) is 0 Å². The van der Waals surface area contributed by atoms with Crippen LogP contribution in [-0.4, -0.2) is 31.3 Å². The molecular weight excluding hydrogens is 229 g/mol. The summed E-state index contributed by atoms with van der Waals surface area (Å²) in [6.45, 7) is 1.47. The maximum atomic E-state index is 11.7. The smallest absolute Gasteiger partial charge is 0.171 e. The summed E-state index contributed by atoms with van der Waals surface area (Å²) in [6, 6.07) is 0. The minimum atomic E-state index is -4.26. The van der Waals surface area contributed by atoms with Crippen LogP contribution in [-0.2, 0) is 0 Å². The molecular formula is C7H11F6P. The molecule has 86 valence electrons. The first kappa shape index (κ1) is 14.0. The molecule has 0 saturated heterocycles. The molecule has 0 bridgehead atoms. The van der Waals surface area contributed by atoms with Crippen molar-refractivity contribution in [1.82, 2.24) is 0 Å². The first-order chi connectivity index (χ1) is 6.10. The van der Waals surface area contributed by atoms with Crippen molar-refractivity contribution in [2.45, 2.75) is 25.2 Å². The van der Waals surface area contributed by atoms with Crippen molar-refractivity contribution >= 4 is 7.92 Å². The zero-order valence-electron chi connectivity index (χ0n) is 7.54. The summed E-state index contributed by atoms with van der Waals surface area (Å²) in [5.74, 6) is 0. The van der Waals surface area contributed by atoms with E-state index in [0.717, 1.165) is 0 Å². The first-order valence-electron chi connectivity index (χ1n) is 3.92. The summed E-state index contributed by atoms with van der Waals surface area (Å²) in [5, 5.41) is 0. The Kier molecular flexibility index (Phi) is 5.20. The van der Waals surface area contributed by atoms with Gasteiger partial charge >= 0.3 is 12.4 Å². The first-order valence-corrected chi connectivity index (χ1v) is 6.08. The Balaban J connectivity index is 3.62. The van der Waals surface area contributed by atoms with Crippen LogP contribution in [0.15, 0.2) is 0 Å². The van der Waals surface area contributed by atoms with Crippen LogP contribution >= 0.6 is 7.92 Å². The Hall–Kier alpha value is 0.01000. The van der Waals surface area contributed by atoms with Crippen molar-refractivity contribution in [2.75, 3.05) is 19.0 Å². The second kappa shape index (κ2) is 5.19. The zero-order chi connectivity index (χ0) is 11.4. The lowest BCUT2D eigenvalue weighted by Gasteiger charge is -2.14. The van der Waals surface area contributed by atoms with Gasteiger partial charge in [0.1, 0.15) is 0 Å². The molecule has 0 nitrogen and oxygen atoms in total. The number of hydrogen-bond acceptors (Lipinski definition) is 0. The van der Waals surface area contributed by atoms with E-state index >= 15 is 0 Å². The topological polar surface area (TPSA) is 0 Å². The quantitative estimate of drug-likeness (QED) is 0.514. The summed E-state index contributed by atoms with van der Waals surface area (Å²) in [7, 11) is -1.15. The second-order valence-electron chi connectivity index (χ2n) is 3.03. The van der Waals surface area contributed by atoms with Gasteiger partial charge in [0.15, 0.2) is 0 Å². The maximum absolute atomic E-state index is 11.7. The van der Waals surface area contributed by atoms with Gasteiger partial charge in [-0.3, -0.25) is 0 Å². The van der Waals surface area contributed by atoms with Gasteiger partial charge in [-0.25, -0.2) is 0 Å². The predicted octanol–water partition coefficient (Wildman–Crippen LogP) is 4.00. The molecule has 0 radical (unpaired) electrons. The van der Waals surface area contributed by atoms with E-state index in [1.54, 1.807) is 0 Å². The fourth-order valence-electron chi connectivity index (χ4n) is 0.747. The van der Waals surface area contributed by atoms with Gasteiger partial charge in [-0.2, -0.15) is 26.3 Å². The van der Waals surface area contributed by atoms with Crippen LogP contribution < -0.4 is 0 Å². The Morgan fingerprint density at radius 2 is 1.07 bits per heavy atom. The van der Waals surface area contributed by atoms with Crippen LogP contribution in [0.3, 0.4) is 0 Å². The van der Waals surface area contributed by atoms with Crippen LogP contribution in [0.5, 0.6) is 0 Å². The van der Waals surface area contributed by atoms with E-state index in [0.29, 0.717) is 0 Å². The summed E-state index contributed by atoms with van der Waals surface area (Å²) in [6.07, 6.45) is -10.8. The van der Waals surface area contributed by atoms with Crippen molar-refractivity contribution in [3.63, 3.8) is 0 Å². The molecule has 7 heteroatoms. The monoisotopic (exact) mass is 240 g/mol. The van der Waals surface area contributed by atoms with Crippen LogP contribution in [0.1, 0.15) is 12.8 Å². The van der Waals surface area contributed by atoms with Crippen molar-refractivity contribution in [1.29, 1.82) is 0 Å². The molecule has 0 atom stereocenters. The molecule has 0 aromatic rings. The normalized spacial score (nSPS) is 13.7. The Bertz CT molecular complexity index is 143. The van der Waals surface area contributed by atoms with Crippen LogP contribution in [0.4, 0.5) is 26.3 Å². The van der Waals surface area contributed by atoms with E-state index in [9.17, 15) is 26.3 Å². The predicted molar refractivity (Wildman–Crippen MR) is 43.9 cm³/mol. The third-order valence-electron chi connectivity index (χ3n) is 1.55. The summed E-state index contributed by atoms with van der Waals surface area (Å²) in [5.41, 5.74) is 0. The molecule has 0 aromatic heterocycles. The Labute approximate surface area is 79.4 Å². The largest absolute Gasteiger partial charge is 0.389 e. The van der Waals surface area contributed by atoms with Gasteiger partial charge in [0.25, 0.3) is 0 Å². The Morgan fingerprint density at radius 1 is 0.786 bits per heavy atom. The van der Waals surface area contributed by atoms with Gasteiger partial charge < -0.3 is 0 Å². The van der Waals surface area contributed by atoms with Crippen LogP contribution in [0.25, 0.3) is 0 Å². The lowest BCUT2D eigenvalue weighted by molar-refractivity contribution is -0.130. The molecule has 0 rings (SSSR count). The zero-order valence-corrected chi connectivity index (χ0v) is 8.44. The van der Waals surface area contributed by atoms with E-state index in [1.807, 2.05) is 0 Å². The lowest BCUT2D eigenvalue weighted by Crippen LogP contribution is -2.12. The highest BCUT2D eigenvalue weighted by atomic mass is 31.1.